The molecule has 0 spiro atoms. The Morgan fingerprint density at radius 1 is 1.25 bits per heavy atom. The van der Waals surface area contributed by atoms with E-state index in [0.717, 1.165) is 16.2 Å². The highest BCUT2D eigenvalue weighted by Crippen LogP contribution is 2.28. The average molecular weight is 363 g/mol. The smallest absolute Gasteiger partial charge is 0.348 e. The minimum atomic E-state index is -0.617. The van der Waals surface area contributed by atoms with E-state index in [1.807, 2.05) is 17.5 Å². The number of halogens is 1. The first-order valence-electron chi connectivity index (χ1n) is 7.16. The van der Waals surface area contributed by atoms with E-state index < -0.39 is 5.97 Å². The van der Waals surface area contributed by atoms with Crippen molar-refractivity contribution < 1.29 is 18.7 Å². The van der Waals surface area contributed by atoms with Crippen molar-refractivity contribution in [2.45, 2.75) is 6.54 Å². The Morgan fingerprint density at radius 3 is 2.79 bits per heavy atom. The molecule has 0 aliphatic carbocycles. The van der Waals surface area contributed by atoms with Crippen molar-refractivity contribution in [3.63, 3.8) is 0 Å². The molecule has 0 aliphatic rings. The second-order valence-corrected chi connectivity index (χ2v) is 7.28. The Hall–Kier alpha value is -2.25. The fourth-order valence-corrected chi connectivity index (χ4v) is 3.89. The van der Waals surface area contributed by atoms with Crippen molar-refractivity contribution >= 4 is 44.6 Å². The summed E-state index contributed by atoms with van der Waals surface area (Å²) in [5.41, 5.74) is 0. The van der Waals surface area contributed by atoms with E-state index in [2.05, 4.69) is 0 Å². The van der Waals surface area contributed by atoms with Crippen LogP contribution >= 0.6 is 22.7 Å². The minimum absolute atomic E-state index is 0.281. The molecule has 0 aliphatic heterocycles. The van der Waals surface area contributed by atoms with Crippen LogP contribution in [-0.4, -0.2) is 30.4 Å². The van der Waals surface area contributed by atoms with Gasteiger partial charge in [0.25, 0.3) is 5.91 Å². The van der Waals surface area contributed by atoms with Gasteiger partial charge in [0.15, 0.2) is 6.61 Å². The zero-order valence-electron chi connectivity index (χ0n) is 12.8. The summed E-state index contributed by atoms with van der Waals surface area (Å²) in [5, 5.41) is 2.32. The number of nitrogens with zero attached hydrogens (tertiary/aromatic N) is 1. The molecule has 124 valence electrons. The molecular formula is C17H14FNO3S2. The number of thiophene rings is 2. The number of hydrogen-bond acceptors (Lipinski definition) is 5. The van der Waals surface area contributed by atoms with E-state index in [9.17, 15) is 14.0 Å². The number of ether oxygens (including phenoxy) is 1. The molecule has 0 saturated heterocycles. The van der Waals surface area contributed by atoms with Gasteiger partial charge in [-0.25, -0.2) is 9.18 Å². The first kappa shape index (κ1) is 16.6. The summed E-state index contributed by atoms with van der Waals surface area (Å²) in [6, 6.07) is 9.97. The number of amides is 1. The highest BCUT2D eigenvalue weighted by molar-refractivity contribution is 7.20. The third-order valence-electron chi connectivity index (χ3n) is 3.44. The predicted molar refractivity (Wildman–Crippen MR) is 92.9 cm³/mol. The number of carbonyl (C=O) groups excluding carboxylic acids is 2. The fraction of sp³-hybridized carbons (Fsp3) is 0.176. The van der Waals surface area contributed by atoms with Crippen molar-refractivity contribution in [1.82, 2.24) is 4.90 Å². The molecule has 4 nitrogen and oxygen atoms in total. The summed E-state index contributed by atoms with van der Waals surface area (Å²) in [6.45, 7) is 0.138. The summed E-state index contributed by atoms with van der Waals surface area (Å²) >= 11 is 2.70. The number of fused-ring (bicyclic) bond motifs is 1. The van der Waals surface area contributed by atoms with Gasteiger partial charge >= 0.3 is 5.97 Å². The molecule has 2 heterocycles. The van der Waals surface area contributed by atoms with Crippen LogP contribution in [0.5, 0.6) is 0 Å². The van der Waals surface area contributed by atoms with E-state index in [-0.39, 0.29) is 23.2 Å². The lowest BCUT2D eigenvalue weighted by Gasteiger charge is -2.15. The highest BCUT2D eigenvalue weighted by Gasteiger charge is 2.17. The monoisotopic (exact) mass is 363 g/mol. The highest BCUT2D eigenvalue weighted by atomic mass is 32.1. The van der Waals surface area contributed by atoms with E-state index in [1.54, 1.807) is 30.5 Å². The zero-order valence-corrected chi connectivity index (χ0v) is 14.5. The fourth-order valence-electron chi connectivity index (χ4n) is 2.16. The van der Waals surface area contributed by atoms with Crippen LogP contribution in [0.3, 0.4) is 0 Å². The Labute approximate surface area is 146 Å². The summed E-state index contributed by atoms with van der Waals surface area (Å²) in [7, 11) is 1.66. The summed E-state index contributed by atoms with van der Waals surface area (Å²) in [4.78, 5) is 26.9. The lowest BCUT2D eigenvalue weighted by molar-refractivity contribution is -0.133. The number of esters is 1. The molecule has 2 aromatic heterocycles. The number of carbonyl (C=O) groups is 2. The zero-order chi connectivity index (χ0) is 17.1. The maximum absolute atomic E-state index is 13.7. The van der Waals surface area contributed by atoms with Crippen molar-refractivity contribution in [3.05, 3.63) is 57.3 Å². The van der Waals surface area contributed by atoms with Gasteiger partial charge < -0.3 is 9.64 Å². The lowest BCUT2D eigenvalue weighted by atomic mass is 10.2. The van der Waals surface area contributed by atoms with Gasteiger partial charge in [0.2, 0.25) is 0 Å². The van der Waals surface area contributed by atoms with Gasteiger partial charge in [0.1, 0.15) is 10.7 Å². The summed E-state index contributed by atoms with van der Waals surface area (Å²) < 4.78 is 19.4. The third kappa shape index (κ3) is 3.63. The van der Waals surface area contributed by atoms with Crippen LogP contribution in [0, 0.1) is 5.82 Å². The van der Waals surface area contributed by atoms with Gasteiger partial charge in [-0.2, -0.15) is 0 Å². The Morgan fingerprint density at radius 2 is 2.08 bits per heavy atom. The first-order valence-corrected chi connectivity index (χ1v) is 8.86. The van der Waals surface area contributed by atoms with Crippen molar-refractivity contribution in [2.24, 2.45) is 0 Å². The maximum atomic E-state index is 13.7. The van der Waals surface area contributed by atoms with Crippen LogP contribution < -0.4 is 0 Å². The standard InChI is InChI=1S/C17H14FNO3S2/c1-19(9-11-4-3-7-23-11)16(20)10-22-17(21)15-8-12-13(18)5-2-6-14(12)24-15/h2-8H,9-10H2,1H3. The molecule has 24 heavy (non-hydrogen) atoms. The van der Waals surface area contributed by atoms with Gasteiger partial charge in [0.05, 0.1) is 6.54 Å². The van der Waals surface area contributed by atoms with Crippen LogP contribution in [0.15, 0.2) is 41.8 Å². The number of benzene rings is 1. The summed E-state index contributed by atoms with van der Waals surface area (Å²) in [5.74, 6) is -1.29. The van der Waals surface area contributed by atoms with Crippen LogP contribution in [0.25, 0.3) is 10.1 Å². The van der Waals surface area contributed by atoms with Gasteiger partial charge in [-0.05, 0) is 29.6 Å². The first-order chi connectivity index (χ1) is 11.5. The molecule has 0 N–H and O–H groups in total. The summed E-state index contributed by atoms with van der Waals surface area (Å²) in [6.07, 6.45) is 0. The number of likely N-dealkylation sites (N-methyl/N-ethyl adjacent to an activating group) is 1. The van der Waals surface area contributed by atoms with Crippen molar-refractivity contribution in [2.75, 3.05) is 13.7 Å². The van der Waals surface area contributed by atoms with E-state index in [4.69, 9.17) is 4.74 Å². The minimum Gasteiger partial charge on any atom is -0.451 e. The number of hydrogen-bond donors (Lipinski definition) is 0. The molecule has 0 radical (unpaired) electrons. The van der Waals surface area contributed by atoms with Gasteiger partial charge in [-0.3, -0.25) is 4.79 Å². The van der Waals surface area contributed by atoms with Crippen molar-refractivity contribution in [3.8, 4) is 0 Å². The molecule has 1 amide bonds. The molecule has 0 atom stereocenters. The largest absolute Gasteiger partial charge is 0.451 e. The van der Waals surface area contributed by atoms with Crippen molar-refractivity contribution in [1.29, 1.82) is 0 Å². The Kier molecular flexibility index (Phi) is 4.92. The van der Waals surface area contributed by atoms with Crippen LogP contribution in [0.4, 0.5) is 4.39 Å². The quantitative estimate of drug-likeness (QED) is 0.646. The molecule has 0 bridgehead atoms. The van der Waals surface area contributed by atoms with Gasteiger partial charge in [-0.15, -0.1) is 22.7 Å². The molecule has 0 unspecified atom stereocenters. The molecule has 0 fully saturated rings. The van der Waals surface area contributed by atoms with Crippen LogP contribution in [0.1, 0.15) is 14.5 Å². The second kappa shape index (κ2) is 7.11. The molecule has 1 aromatic carbocycles. The number of rotatable bonds is 5. The molecule has 7 heteroatoms. The van der Waals surface area contributed by atoms with E-state index >= 15 is 0 Å². The predicted octanol–water partition coefficient (Wildman–Crippen LogP) is 3.92. The SMILES string of the molecule is CN(Cc1cccs1)C(=O)COC(=O)c1cc2c(F)cccc2s1. The molecule has 3 rings (SSSR count). The van der Waals surface area contributed by atoms with Gasteiger partial charge in [-0.1, -0.05) is 12.1 Å². The maximum Gasteiger partial charge on any atom is 0.348 e. The molecule has 3 aromatic rings. The van der Waals surface area contributed by atoms with Crippen LogP contribution in [0.2, 0.25) is 0 Å². The molecular weight excluding hydrogens is 349 g/mol. The second-order valence-electron chi connectivity index (χ2n) is 5.17. The molecule has 0 saturated carbocycles. The Balaban J connectivity index is 1.59. The lowest BCUT2D eigenvalue weighted by Crippen LogP contribution is -2.30. The van der Waals surface area contributed by atoms with E-state index in [1.165, 1.54) is 17.0 Å². The van der Waals surface area contributed by atoms with E-state index in [0.29, 0.717) is 16.6 Å². The normalized spacial score (nSPS) is 10.8. The Bertz CT molecular complexity index is 873. The third-order valence-corrected chi connectivity index (χ3v) is 5.38. The van der Waals surface area contributed by atoms with Gasteiger partial charge in [0, 0.05) is 22.0 Å². The topological polar surface area (TPSA) is 46.6 Å². The average Bonchev–Trinajstić information content (AvgIpc) is 3.22. The van der Waals surface area contributed by atoms with Crippen LogP contribution in [-0.2, 0) is 16.1 Å².